The van der Waals surface area contributed by atoms with Crippen LogP contribution >= 0.6 is 0 Å². The molecule has 3 nitrogen and oxygen atoms in total. The Hall–Kier alpha value is -1.34. The lowest BCUT2D eigenvalue weighted by Crippen LogP contribution is -2.52. The quantitative estimate of drug-likeness (QED) is 0.846. The monoisotopic (exact) mass is 284 g/mol. The van der Waals surface area contributed by atoms with E-state index in [-0.39, 0.29) is 0 Å². The molecule has 2 aliphatic rings. The van der Waals surface area contributed by atoms with Crippen LogP contribution in [0.3, 0.4) is 0 Å². The minimum absolute atomic E-state index is 0.415. The molecule has 0 aromatic heterocycles. The molecule has 1 aromatic rings. The average Bonchev–Trinajstić information content (AvgIpc) is 2.55. The van der Waals surface area contributed by atoms with Gasteiger partial charge in [-0.15, -0.1) is 0 Å². The van der Waals surface area contributed by atoms with E-state index in [0.29, 0.717) is 18.7 Å². The summed E-state index contributed by atoms with van der Waals surface area (Å²) in [5.74, 6) is 5.97. The second kappa shape index (κ2) is 7.09. The van der Waals surface area contributed by atoms with Crippen LogP contribution in [0.2, 0.25) is 0 Å². The Kier molecular flexibility index (Phi) is 4.92. The molecule has 112 valence electrons. The van der Waals surface area contributed by atoms with Crippen LogP contribution in [0.25, 0.3) is 0 Å². The van der Waals surface area contributed by atoms with Gasteiger partial charge < -0.3 is 10.5 Å². The van der Waals surface area contributed by atoms with Crippen LogP contribution in [-0.4, -0.2) is 36.7 Å². The SMILES string of the molecule is NCC#Cc1ccc(CN2CCOC3CCCCC32)cc1. The van der Waals surface area contributed by atoms with Crippen LogP contribution in [0.5, 0.6) is 0 Å². The summed E-state index contributed by atoms with van der Waals surface area (Å²) in [4.78, 5) is 2.61. The molecule has 1 aromatic carbocycles. The van der Waals surface area contributed by atoms with E-state index in [9.17, 15) is 0 Å². The molecule has 0 radical (unpaired) electrons. The van der Waals surface area contributed by atoms with Crippen molar-refractivity contribution in [1.82, 2.24) is 4.90 Å². The molecule has 1 saturated carbocycles. The number of ether oxygens (including phenoxy) is 1. The molecule has 1 saturated heterocycles. The molecule has 0 amide bonds. The molecule has 3 heteroatoms. The Balaban J connectivity index is 1.65. The number of nitrogens with two attached hydrogens (primary N) is 1. The van der Waals surface area contributed by atoms with Gasteiger partial charge in [-0.2, -0.15) is 0 Å². The van der Waals surface area contributed by atoms with E-state index in [0.717, 1.165) is 25.3 Å². The van der Waals surface area contributed by atoms with Crippen molar-refractivity contribution >= 4 is 0 Å². The predicted molar refractivity (Wildman–Crippen MR) is 84.8 cm³/mol. The topological polar surface area (TPSA) is 38.5 Å². The minimum Gasteiger partial charge on any atom is -0.375 e. The summed E-state index contributed by atoms with van der Waals surface area (Å²) >= 11 is 0. The molecule has 1 aliphatic carbocycles. The van der Waals surface area contributed by atoms with Crippen LogP contribution in [0, 0.1) is 11.8 Å². The van der Waals surface area contributed by atoms with Gasteiger partial charge in [0, 0.05) is 24.7 Å². The zero-order valence-corrected chi connectivity index (χ0v) is 12.6. The number of benzene rings is 1. The molecule has 2 N–H and O–H groups in total. The van der Waals surface area contributed by atoms with Gasteiger partial charge in [-0.25, -0.2) is 0 Å². The third kappa shape index (κ3) is 3.65. The lowest BCUT2D eigenvalue weighted by atomic mass is 9.90. The first-order valence-corrected chi connectivity index (χ1v) is 8.00. The fourth-order valence-corrected chi connectivity index (χ4v) is 3.45. The van der Waals surface area contributed by atoms with Gasteiger partial charge >= 0.3 is 0 Å². The Bertz CT molecular complexity index is 512. The molecule has 0 spiro atoms. The zero-order valence-electron chi connectivity index (χ0n) is 12.6. The predicted octanol–water partition coefficient (Wildman–Crippen LogP) is 2.14. The van der Waals surface area contributed by atoms with Crippen molar-refractivity contribution in [1.29, 1.82) is 0 Å². The van der Waals surface area contributed by atoms with E-state index in [1.807, 2.05) is 0 Å². The largest absolute Gasteiger partial charge is 0.375 e. The van der Waals surface area contributed by atoms with Crippen LogP contribution in [-0.2, 0) is 11.3 Å². The summed E-state index contributed by atoms with van der Waals surface area (Å²) in [6.07, 6.45) is 5.64. The van der Waals surface area contributed by atoms with Crippen LogP contribution in [0.1, 0.15) is 36.8 Å². The second-order valence-electron chi connectivity index (χ2n) is 5.93. The van der Waals surface area contributed by atoms with Gasteiger partial charge in [0.25, 0.3) is 0 Å². The normalized spacial score (nSPS) is 25.8. The number of morpholine rings is 1. The van der Waals surface area contributed by atoms with E-state index in [1.165, 1.54) is 31.2 Å². The Morgan fingerprint density at radius 2 is 2.00 bits per heavy atom. The third-order valence-electron chi connectivity index (χ3n) is 4.52. The summed E-state index contributed by atoms with van der Waals surface area (Å²) in [7, 11) is 0. The molecular weight excluding hydrogens is 260 g/mol. The van der Waals surface area contributed by atoms with Crippen molar-refractivity contribution < 1.29 is 4.74 Å². The van der Waals surface area contributed by atoms with Crippen molar-refractivity contribution in [3.8, 4) is 11.8 Å². The smallest absolute Gasteiger partial charge is 0.0731 e. The van der Waals surface area contributed by atoms with Gasteiger partial charge in [-0.3, -0.25) is 4.90 Å². The van der Waals surface area contributed by atoms with Crippen molar-refractivity contribution in [2.45, 2.75) is 44.4 Å². The van der Waals surface area contributed by atoms with Crippen LogP contribution < -0.4 is 5.73 Å². The average molecular weight is 284 g/mol. The molecule has 21 heavy (non-hydrogen) atoms. The maximum atomic E-state index is 5.94. The molecule has 2 fully saturated rings. The fraction of sp³-hybridized carbons (Fsp3) is 0.556. The van der Waals surface area contributed by atoms with Crippen molar-refractivity contribution in [3.05, 3.63) is 35.4 Å². The van der Waals surface area contributed by atoms with E-state index in [1.54, 1.807) is 0 Å². The molecule has 3 rings (SSSR count). The number of fused-ring (bicyclic) bond motifs is 1. The molecule has 2 atom stereocenters. The van der Waals surface area contributed by atoms with E-state index < -0.39 is 0 Å². The highest BCUT2D eigenvalue weighted by molar-refractivity contribution is 5.36. The molecular formula is C18H24N2O. The highest BCUT2D eigenvalue weighted by Crippen LogP contribution is 2.29. The number of hydrogen-bond donors (Lipinski definition) is 1. The van der Waals surface area contributed by atoms with Gasteiger partial charge in [0.2, 0.25) is 0 Å². The van der Waals surface area contributed by atoms with Gasteiger partial charge in [-0.05, 0) is 30.5 Å². The van der Waals surface area contributed by atoms with Gasteiger partial charge in [0.15, 0.2) is 0 Å². The summed E-state index contributed by atoms with van der Waals surface area (Å²) < 4.78 is 5.94. The molecule has 1 heterocycles. The van der Waals surface area contributed by atoms with E-state index in [2.05, 4.69) is 41.0 Å². The minimum atomic E-state index is 0.415. The maximum absolute atomic E-state index is 5.94. The van der Waals surface area contributed by atoms with Crippen LogP contribution in [0.4, 0.5) is 0 Å². The fourth-order valence-electron chi connectivity index (χ4n) is 3.45. The Morgan fingerprint density at radius 1 is 1.19 bits per heavy atom. The summed E-state index contributed by atoms with van der Waals surface area (Å²) in [5, 5.41) is 0. The Labute approximate surface area is 127 Å². The second-order valence-corrected chi connectivity index (χ2v) is 5.93. The first-order chi connectivity index (χ1) is 10.4. The lowest BCUT2D eigenvalue weighted by Gasteiger charge is -2.43. The zero-order chi connectivity index (χ0) is 14.5. The highest BCUT2D eigenvalue weighted by Gasteiger charge is 2.33. The number of rotatable bonds is 2. The number of hydrogen-bond acceptors (Lipinski definition) is 3. The summed E-state index contributed by atoms with van der Waals surface area (Å²) in [6.45, 7) is 3.37. The first kappa shape index (κ1) is 14.6. The highest BCUT2D eigenvalue weighted by atomic mass is 16.5. The lowest BCUT2D eigenvalue weighted by molar-refractivity contribution is -0.0911. The third-order valence-corrected chi connectivity index (χ3v) is 4.52. The number of nitrogens with zero attached hydrogens (tertiary/aromatic N) is 1. The molecule has 1 aliphatic heterocycles. The van der Waals surface area contributed by atoms with Crippen molar-refractivity contribution in [3.63, 3.8) is 0 Å². The molecule has 2 unspecified atom stereocenters. The summed E-state index contributed by atoms with van der Waals surface area (Å²) in [6, 6.07) is 9.18. The van der Waals surface area contributed by atoms with E-state index >= 15 is 0 Å². The standard InChI is InChI=1S/C18H24N2O/c19-11-3-4-15-7-9-16(10-8-15)14-20-12-13-21-18-6-2-1-5-17(18)20/h7-10,17-18H,1-2,5-6,11-14,19H2. The van der Waals surface area contributed by atoms with Crippen molar-refractivity contribution in [2.24, 2.45) is 5.73 Å². The first-order valence-electron chi connectivity index (χ1n) is 8.00. The molecule has 0 bridgehead atoms. The van der Waals surface area contributed by atoms with E-state index in [4.69, 9.17) is 10.5 Å². The maximum Gasteiger partial charge on any atom is 0.0731 e. The Morgan fingerprint density at radius 3 is 2.81 bits per heavy atom. The van der Waals surface area contributed by atoms with Gasteiger partial charge in [0.1, 0.15) is 0 Å². The van der Waals surface area contributed by atoms with Gasteiger partial charge in [-0.1, -0.05) is 36.8 Å². The van der Waals surface area contributed by atoms with Gasteiger partial charge in [0.05, 0.1) is 19.3 Å². The summed E-state index contributed by atoms with van der Waals surface area (Å²) in [5.41, 5.74) is 7.80. The van der Waals surface area contributed by atoms with Crippen molar-refractivity contribution in [2.75, 3.05) is 19.7 Å². The van der Waals surface area contributed by atoms with Crippen LogP contribution in [0.15, 0.2) is 24.3 Å².